The number of aromatic nitrogens is 4. The molecule has 184 valence electrons. The zero-order valence-corrected chi connectivity index (χ0v) is 19.9. The Morgan fingerprint density at radius 3 is 2.56 bits per heavy atom. The summed E-state index contributed by atoms with van der Waals surface area (Å²) in [5.41, 5.74) is 4.40. The molecule has 5 aromatic rings. The van der Waals surface area contributed by atoms with Gasteiger partial charge in [0.1, 0.15) is 18.0 Å². The zero-order valence-electron chi connectivity index (χ0n) is 19.1. The molecule has 2 aromatic heterocycles. The fraction of sp³-hybridized carbons (Fsp3) is 0.120. The molecule has 11 heteroatoms. The molecule has 8 nitrogen and oxygen atoms in total. The molecule has 0 saturated carbocycles. The summed E-state index contributed by atoms with van der Waals surface area (Å²) in [6.45, 7) is -0.556. The number of aryl methyl sites for hydroxylation is 1. The average molecular weight is 510 g/mol. The van der Waals surface area contributed by atoms with Gasteiger partial charge in [0.15, 0.2) is 0 Å². The fourth-order valence-electron chi connectivity index (χ4n) is 4.01. The van der Waals surface area contributed by atoms with Crippen molar-refractivity contribution in [2.45, 2.75) is 0 Å². The van der Waals surface area contributed by atoms with Crippen molar-refractivity contribution in [2.75, 3.05) is 17.1 Å². The highest BCUT2D eigenvalue weighted by atomic mass is 32.2. The summed E-state index contributed by atoms with van der Waals surface area (Å²) in [4.78, 5) is 4.49. The quantitative estimate of drug-likeness (QED) is 0.344. The van der Waals surface area contributed by atoms with Crippen molar-refractivity contribution in [3.63, 3.8) is 0 Å². The Morgan fingerprint density at radius 1 is 1.00 bits per heavy atom. The van der Waals surface area contributed by atoms with Crippen molar-refractivity contribution >= 4 is 26.7 Å². The van der Waals surface area contributed by atoms with Gasteiger partial charge in [-0.05, 0) is 53.6 Å². The number of hydrogen-bond donors (Lipinski definition) is 2. The Bertz CT molecular complexity index is 1700. The van der Waals surface area contributed by atoms with E-state index in [0.717, 1.165) is 28.8 Å². The van der Waals surface area contributed by atoms with Gasteiger partial charge in [0.2, 0.25) is 10.0 Å². The summed E-state index contributed by atoms with van der Waals surface area (Å²) < 4.78 is 58.6. The van der Waals surface area contributed by atoms with Crippen molar-refractivity contribution in [3.8, 4) is 27.9 Å². The summed E-state index contributed by atoms with van der Waals surface area (Å²) in [6, 6.07) is 13.6. The molecule has 5 rings (SSSR count). The van der Waals surface area contributed by atoms with Crippen LogP contribution in [0.2, 0.25) is 0 Å². The van der Waals surface area contributed by atoms with Gasteiger partial charge in [-0.1, -0.05) is 6.07 Å². The van der Waals surface area contributed by atoms with E-state index in [1.54, 1.807) is 33.9 Å². The molecule has 3 aromatic carbocycles. The van der Waals surface area contributed by atoms with Crippen LogP contribution in [0.25, 0.3) is 39.0 Å². The van der Waals surface area contributed by atoms with Crippen molar-refractivity contribution < 1.29 is 22.3 Å². The van der Waals surface area contributed by atoms with Crippen molar-refractivity contribution in [2.24, 2.45) is 7.05 Å². The van der Waals surface area contributed by atoms with Crippen molar-refractivity contribution in [1.82, 2.24) is 19.3 Å². The van der Waals surface area contributed by atoms with Crippen LogP contribution in [0, 0.1) is 11.6 Å². The van der Waals surface area contributed by atoms with Gasteiger partial charge < -0.3 is 5.11 Å². The summed E-state index contributed by atoms with van der Waals surface area (Å²) in [5, 5.41) is 13.3. The number of rotatable bonds is 7. The van der Waals surface area contributed by atoms with Crippen LogP contribution in [0.3, 0.4) is 0 Å². The first-order valence-corrected chi connectivity index (χ1v) is 12.6. The highest BCUT2D eigenvalue weighted by Gasteiger charge is 2.16. The number of aliphatic hydroxyl groups excluding tert-OH is 1. The molecule has 0 unspecified atom stereocenters. The number of hydrogen-bond acceptors (Lipinski definition) is 5. The Labute approximate surface area is 205 Å². The van der Waals surface area contributed by atoms with Crippen molar-refractivity contribution in [3.05, 3.63) is 85.0 Å². The molecule has 0 radical (unpaired) electrons. The predicted molar refractivity (Wildman–Crippen MR) is 133 cm³/mol. The second-order valence-corrected chi connectivity index (χ2v) is 10.1. The number of halogens is 2. The molecule has 0 aliphatic heterocycles. The number of anilines is 1. The monoisotopic (exact) mass is 509 g/mol. The minimum absolute atomic E-state index is 0.101. The molecule has 0 spiro atoms. The number of aliphatic hydroxyl groups is 1. The highest BCUT2D eigenvalue weighted by molar-refractivity contribution is 7.92. The lowest BCUT2D eigenvalue weighted by Gasteiger charge is -2.14. The number of nitrogens with one attached hydrogen (secondary N) is 1. The van der Waals surface area contributed by atoms with Gasteiger partial charge in [-0.25, -0.2) is 22.2 Å². The first-order chi connectivity index (χ1) is 17.2. The van der Waals surface area contributed by atoms with E-state index >= 15 is 0 Å². The molecule has 0 bridgehead atoms. The maximum absolute atomic E-state index is 14.6. The number of sulfonamides is 1. The molecule has 0 amide bonds. The fourth-order valence-corrected chi connectivity index (χ4v) is 4.83. The van der Waals surface area contributed by atoms with E-state index < -0.39 is 34.0 Å². The lowest BCUT2D eigenvalue weighted by Crippen LogP contribution is -2.19. The molecule has 0 aliphatic carbocycles. The standard InChI is InChI=1S/C25H21F2N5O3S/c1-31-14-18(13-29-31)16-2-5-25-24(10-16)28-15-32(25)21-9-17(22-4-3-19(26)11-23(22)27)8-20(12-21)30-36(34,35)7-6-33/h2-5,8-15,30,33H,6-7H2,1H3. The topological polar surface area (TPSA) is 102 Å². The molecule has 2 N–H and O–H groups in total. The minimum Gasteiger partial charge on any atom is -0.395 e. The predicted octanol–water partition coefficient (Wildman–Crippen LogP) is 4.11. The normalized spacial score (nSPS) is 11.8. The van der Waals surface area contributed by atoms with E-state index in [-0.39, 0.29) is 11.3 Å². The van der Waals surface area contributed by atoms with Gasteiger partial charge in [-0.15, -0.1) is 0 Å². The third-order valence-corrected chi connectivity index (χ3v) is 6.92. The van der Waals surface area contributed by atoms with Gasteiger partial charge in [0.25, 0.3) is 0 Å². The maximum Gasteiger partial charge on any atom is 0.234 e. The van der Waals surface area contributed by atoms with E-state index in [4.69, 9.17) is 5.11 Å². The molecule has 0 aliphatic rings. The summed E-state index contributed by atoms with van der Waals surface area (Å²) in [5.74, 6) is -2.00. The summed E-state index contributed by atoms with van der Waals surface area (Å²) >= 11 is 0. The molecular formula is C25H21F2N5O3S. The van der Waals surface area contributed by atoms with Crippen molar-refractivity contribution in [1.29, 1.82) is 0 Å². The van der Waals surface area contributed by atoms with Gasteiger partial charge in [0.05, 0.1) is 35.3 Å². The maximum atomic E-state index is 14.6. The van der Waals surface area contributed by atoms with Crippen LogP contribution in [0.15, 0.2) is 73.3 Å². The summed E-state index contributed by atoms with van der Waals surface area (Å²) in [6.07, 6.45) is 5.23. The molecule has 0 atom stereocenters. The Balaban J connectivity index is 1.64. The second kappa shape index (κ2) is 9.17. The largest absolute Gasteiger partial charge is 0.395 e. The van der Waals surface area contributed by atoms with E-state index in [9.17, 15) is 17.2 Å². The Kier molecular flexibility index (Phi) is 6.02. The number of imidazole rings is 1. The minimum atomic E-state index is -3.85. The number of fused-ring (bicyclic) bond motifs is 1. The second-order valence-electron chi connectivity index (χ2n) is 8.26. The van der Waals surface area contributed by atoms with Gasteiger partial charge >= 0.3 is 0 Å². The van der Waals surface area contributed by atoms with E-state index in [1.165, 1.54) is 12.1 Å². The van der Waals surface area contributed by atoms with Crippen LogP contribution in [-0.2, 0) is 17.1 Å². The molecular weight excluding hydrogens is 488 g/mol. The Hall–Kier alpha value is -4.09. The number of nitrogens with zero attached hydrogens (tertiary/aromatic N) is 4. The van der Waals surface area contributed by atoms with Gasteiger partial charge in [-0.3, -0.25) is 14.0 Å². The van der Waals surface area contributed by atoms with Gasteiger partial charge in [0, 0.05) is 36.1 Å². The molecule has 0 fully saturated rings. The zero-order chi connectivity index (χ0) is 25.4. The van der Waals surface area contributed by atoms with Crippen LogP contribution in [0.1, 0.15) is 0 Å². The van der Waals surface area contributed by atoms with Crippen LogP contribution < -0.4 is 4.72 Å². The van der Waals surface area contributed by atoms with Crippen LogP contribution in [-0.4, -0.2) is 45.2 Å². The van der Waals surface area contributed by atoms with E-state index in [0.29, 0.717) is 16.8 Å². The van der Waals surface area contributed by atoms with Crippen LogP contribution in [0.4, 0.5) is 14.5 Å². The molecule has 0 saturated heterocycles. The summed E-state index contributed by atoms with van der Waals surface area (Å²) in [7, 11) is -2.02. The van der Waals surface area contributed by atoms with E-state index in [1.807, 2.05) is 31.4 Å². The lowest BCUT2D eigenvalue weighted by atomic mass is 10.0. The SMILES string of the molecule is Cn1cc(-c2ccc3c(c2)ncn3-c2cc(NS(=O)(=O)CCO)cc(-c3ccc(F)cc3F)c2)cn1. The lowest BCUT2D eigenvalue weighted by molar-refractivity contribution is 0.320. The average Bonchev–Trinajstić information content (AvgIpc) is 3.44. The molecule has 36 heavy (non-hydrogen) atoms. The smallest absolute Gasteiger partial charge is 0.234 e. The third kappa shape index (κ3) is 4.70. The third-order valence-electron chi connectivity index (χ3n) is 5.66. The highest BCUT2D eigenvalue weighted by Crippen LogP contribution is 2.32. The molecule has 2 heterocycles. The first-order valence-electron chi connectivity index (χ1n) is 10.9. The number of benzene rings is 3. The Morgan fingerprint density at radius 2 is 1.83 bits per heavy atom. The van der Waals surface area contributed by atoms with Crippen LogP contribution in [0.5, 0.6) is 0 Å². The van der Waals surface area contributed by atoms with Gasteiger partial charge in [-0.2, -0.15) is 5.10 Å². The van der Waals surface area contributed by atoms with E-state index in [2.05, 4.69) is 14.8 Å². The first kappa shape index (κ1) is 23.6. The van der Waals surface area contributed by atoms with Crippen LogP contribution >= 0.6 is 0 Å².